The number of hydrogen-bond donors (Lipinski definition) is 1. The molecule has 5 nitrogen and oxygen atoms in total. The number of nitrogens with one attached hydrogen (secondary N) is 1. The number of ketones is 1. The van der Waals surface area contributed by atoms with E-state index >= 15 is 0 Å². The molecule has 2 heterocycles. The zero-order chi connectivity index (χ0) is 18.3. The minimum Gasteiger partial charge on any atom is -0.497 e. The predicted octanol–water partition coefficient (Wildman–Crippen LogP) is 3.83. The van der Waals surface area contributed by atoms with Crippen molar-refractivity contribution in [3.63, 3.8) is 0 Å². The van der Waals surface area contributed by atoms with Gasteiger partial charge < -0.3 is 14.6 Å². The number of benzene rings is 1. The van der Waals surface area contributed by atoms with Crippen LogP contribution in [0.25, 0.3) is 0 Å². The average Bonchev–Trinajstić information content (AvgIpc) is 3.26. The van der Waals surface area contributed by atoms with Gasteiger partial charge in [0.2, 0.25) is 0 Å². The highest BCUT2D eigenvalue weighted by molar-refractivity contribution is 6.10. The van der Waals surface area contributed by atoms with Gasteiger partial charge in [0.25, 0.3) is 5.91 Å². The van der Waals surface area contributed by atoms with Crippen LogP contribution >= 0.6 is 0 Å². The first-order valence-corrected chi connectivity index (χ1v) is 9.29. The summed E-state index contributed by atoms with van der Waals surface area (Å²) in [6.45, 7) is 2.61. The fourth-order valence-corrected chi connectivity index (χ4v) is 4.35. The smallest absolute Gasteiger partial charge is 0.256 e. The van der Waals surface area contributed by atoms with Crippen LogP contribution in [0, 0.1) is 6.92 Å². The Morgan fingerprint density at radius 1 is 1.27 bits per heavy atom. The van der Waals surface area contributed by atoms with E-state index in [0.29, 0.717) is 24.1 Å². The second kappa shape index (κ2) is 6.63. The summed E-state index contributed by atoms with van der Waals surface area (Å²) in [5.74, 6) is 0.865. The molecular formula is C21H24N2O3. The number of rotatable bonds is 3. The summed E-state index contributed by atoms with van der Waals surface area (Å²) < 4.78 is 5.34. The van der Waals surface area contributed by atoms with Gasteiger partial charge in [-0.25, -0.2) is 0 Å². The number of carbonyl (C=O) groups excluding carboxylic acids is 2. The van der Waals surface area contributed by atoms with E-state index in [1.807, 2.05) is 36.1 Å². The van der Waals surface area contributed by atoms with Crippen LogP contribution < -0.4 is 4.74 Å². The Hall–Kier alpha value is -2.56. The maximum Gasteiger partial charge on any atom is 0.256 e. The number of nitrogens with zero attached hydrogens (tertiary/aromatic N) is 1. The molecule has 0 bridgehead atoms. The molecule has 1 N–H and O–H groups in total. The summed E-state index contributed by atoms with van der Waals surface area (Å²) in [4.78, 5) is 31.1. The van der Waals surface area contributed by atoms with Gasteiger partial charge in [-0.05, 0) is 50.3 Å². The molecule has 0 saturated carbocycles. The Kier molecular flexibility index (Phi) is 4.31. The van der Waals surface area contributed by atoms with E-state index in [-0.39, 0.29) is 17.7 Å². The lowest BCUT2D eigenvalue weighted by molar-refractivity contribution is 0.0729. The van der Waals surface area contributed by atoms with Crippen LogP contribution in [-0.2, 0) is 6.42 Å². The molecule has 1 saturated heterocycles. The van der Waals surface area contributed by atoms with Crippen molar-refractivity contribution in [2.75, 3.05) is 13.7 Å². The van der Waals surface area contributed by atoms with Crippen molar-refractivity contribution in [2.24, 2.45) is 0 Å². The van der Waals surface area contributed by atoms with Crippen LogP contribution in [-0.4, -0.2) is 35.2 Å². The van der Waals surface area contributed by atoms with Crippen molar-refractivity contribution in [1.29, 1.82) is 0 Å². The van der Waals surface area contributed by atoms with Crippen molar-refractivity contribution in [1.82, 2.24) is 9.88 Å². The first-order chi connectivity index (χ1) is 12.6. The first-order valence-electron chi connectivity index (χ1n) is 9.29. The minimum atomic E-state index is -0.0273. The van der Waals surface area contributed by atoms with E-state index in [4.69, 9.17) is 4.74 Å². The molecule has 1 aliphatic heterocycles. The highest BCUT2D eigenvalue weighted by Gasteiger charge is 2.36. The molecule has 1 atom stereocenters. The molecule has 1 aliphatic carbocycles. The van der Waals surface area contributed by atoms with Gasteiger partial charge in [0.15, 0.2) is 5.78 Å². The van der Waals surface area contributed by atoms with Gasteiger partial charge in [-0.3, -0.25) is 9.59 Å². The van der Waals surface area contributed by atoms with Crippen molar-refractivity contribution < 1.29 is 14.3 Å². The summed E-state index contributed by atoms with van der Waals surface area (Å²) >= 11 is 0. The van der Waals surface area contributed by atoms with Gasteiger partial charge in [-0.1, -0.05) is 12.1 Å². The van der Waals surface area contributed by atoms with Crippen LogP contribution in [0.5, 0.6) is 5.75 Å². The molecule has 5 heteroatoms. The molecule has 2 aliphatic rings. The monoisotopic (exact) mass is 352 g/mol. The van der Waals surface area contributed by atoms with Gasteiger partial charge in [-0.15, -0.1) is 0 Å². The van der Waals surface area contributed by atoms with E-state index in [2.05, 4.69) is 4.98 Å². The zero-order valence-electron chi connectivity index (χ0n) is 15.3. The Morgan fingerprint density at radius 2 is 2.12 bits per heavy atom. The van der Waals surface area contributed by atoms with Gasteiger partial charge in [0.1, 0.15) is 5.75 Å². The minimum absolute atomic E-state index is 0.0273. The normalized spacial score (nSPS) is 19.5. The third kappa shape index (κ3) is 2.71. The summed E-state index contributed by atoms with van der Waals surface area (Å²) in [6.07, 6.45) is 4.12. The van der Waals surface area contributed by atoms with Crippen molar-refractivity contribution >= 4 is 11.7 Å². The molecule has 0 radical (unpaired) electrons. The number of amides is 1. The van der Waals surface area contributed by atoms with Crippen molar-refractivity contribution in [2.45, 2.75) is 45.1 Å². The number of likely N-dealkylation sites (tertiary alicyclic amines) is 1. The summed E-state index contributed by atoms with van der Waals surface area (Å²) in [5.41, 5.74) is 4.05. The third-order valence-corrected chi connectivity index (χ3v) is 5.58. The van der Waals surface area contributed by atoms with Crippen molar-refractivity contribution in [3.05, 3.63) is 52.3 Å². The Labute approximate surface area is 153 Å². The Bertz CT molecular complexity index is 868. The number of H-pyrrole nitrogens is 1. The van der Waals surface area contributed by atoms with Gasteiger partial charge in [0.05, 0.1) is 24.3 Å². The largest absolute Gasteiger partial charge is 0.497 e. The van der Waals surface area contributed by atoms with E-state index in [9.17, 15) is 9.59 Å². The zero-order valence-corrected chi connectivity index (χ0v) is 15.3. The van der Waals surface area contributed by atoms with Gasteiger partial charge in [-0.2, -0.15) is 0 Å². The number of Topliss-reactive ketones (excluding diaryl/α,β-unsaturated/α-hetero) is 1. The lowest BCUT2D eigenvalue weighted by Crippen LogP contribution is -2.32. The number of hydrogen-bond acceptors (Lipinski definition) is 3. The summed E-state index contributed by atoms with van der Waals surface area (Å²) in [7, 11) is 1.65. The topological polar surface area (TPSA) is 62.4 Å². The first kappa shape index (κ1) is 16.9. The van der Waals surface area contributed by atoms with Crippen LogP contribution in [0.4, 0.5) is 0 Å². The lowest BCUT2D eigenvalue weighted by Gasteiger charge is -2.26. The van der Waals surface area contributed by atoms with Crippen molar-refractivity contribution in [3.8, 4) is 5.75 Å². The SMILES string of the molecule is COc1cccc(C2CCCN2C(=O)c2c(C)[nH]c3c2C(=O)CCC3)c1. The van der Waals surface area contributed by atoms with Crippen LogP contribution in [0.1, 0.15) is 69.4 Å². The fourth-order valence-electron chi connectivity index (χ4n) is 4.35. The number of aromatic amines is 1. The Morgan fingerprint density at radius 3 is 2.92 bits per heavy atom. The predicted molar refractivity (Wildman–Crippen MR) is 98.8 cm³/mol. The number of methoxy groups -OCH3 is 1. The number of aryl methyl sites for hydroxylation is 2. The summed E-state index contributed by atoms with van der Waals surface area (Å²) in [6, 6.07) is 7.95. The fraction of sp³-hybridized carbons (Fsp3) is 0.429. The molecule has 1 fully saturated rings. The molecule has 0 spiro atoms. The lowest BCUT2D eigenvalue weighted by atomic mass is 9.92. The average molecular weight is 352 g/mol. The number of ether oxygens (including phenoxy) is 1. The molecule has 1 amide bonds. The quantitative estimate of drug-likeness (QED) is 0.913. The number of carbonyl (C=O) groups is 2. The molecule has 1 aromatic heterocycles. The van der Waals surface area contributed by atoms with Crippen LogP contribution in [0.15, 0.2) is 24.3 Å². The maximum absolute atomic E-state index is 13.4. The molecule has 1 aromatic carbocycles. The van der Waals surface area contributed by atoms with E-state index in [0.717, 1.165) is 48.4 Å². The van der Waals surface area contributed by atoms with E-state index in [1.54, 1.807) is 7.11 Å². The highest BCUT2D eigenvalue weighted by atomic mass is 16.5. The molecule has 26 heavy (non-hydrogen) atoms. The third-order valence-electron chi connectivity index (χ3n) is 5.58. The second-order valence-electron chi connectivity index (χ2n) is 7.19. The standard InChI is InChI=1S/C21H24N2O3/c1-13-19(20-16(22-13)8-4-10-18(20)24)21(25)23-11-5-9-17(23)14-6-3-7-15(12-14)26-2/h3,6-7,12,17,22H,4-5,8-11H2,1-2H3. The van der Waals surface area contributed by atoms with E-state index < -0.39 is 0 Å². The van der Waals surface area contributed by atoms with Gasteiger partial charge in [0, 0.05) is 24.4 Å². The summed E-state index contributed by atoms with van der Waals surface area (Å²) in [5, 5.41) is 0. The maximum atomic E-state index is 13.4. The second-order valence-corrected chi connectivity index (χ2v) is 7.19. The van der Waals surface area contributed by atoms with Gasteiger partial charge >= 0.3 is 0 Å². The molecule has 1 unspecified atom stereocenters. The molecular weight excluding hydrogens is 328 g/mol. The molecule has 4 rings (SSSR count). The number of fused-ring (bicyclic) bond motifs is 1. The van der Waals surface area contributed by atoms with E-state index in [1.165, 1.54) is 0 Å². The van der Waals surface area contributed by atoms with Crippen LogP contribution in [0.3, 0.4) is 0 Å². The number of aromatic nitrogens is 1. The molecule has 136 valence electrons. The Balaban J connectivity index is 1.70. The van der Waals surface area contributed by atoms with Crippen LogP contribution in [0.2, 0.25) is 0 Å². The highest BCUT2D eigenvalue weighted by Crippen LogP contribution is 2.36. The molecule has 2 aromatic rings.